The summed E-state index contributed by atoms with van der Waals surface area (Å²) in [7, 11) is 0. The Labute approximate surface area is 192 Å². The van der Waals surface area contributed by atoms with Gasteiger partial charge in [-0.25, -0.2) is 15.0 Å². The molecule has 4 rings (SSSR count). The van der Waals surface area contributed by atoms with Crippen LogP contribution in [-0.2, 0) is 13.0 Å². The van der Waals surface area contributed by atoms with Crippen molar-refractivity contribution in [1.82, 2.24) is 24.8 Å². The van der Waals surface area contributed by atoms with E-state index in [0.29, 0.717) is 41.6 Å². The smallest absolute Gasteiger partial charge is 0.175 e. The molecule has 0 radical (unpaired) electrons. The first kappa shape index (κ1) is 21.5. The Hall–Kier alpha value is -1.76. The quantitative estimate of drug-likeness (QED) is 0.393. The summed E-state index contributed by atoms with van der Waals surface area (Å²) >= 11 is 3.74. The van der Waals surface area contributed by atoms with E-state index in [2.05, 4.69) is 48.9 Å². The van der Waals surface area contributed by atoms with Gasteiger partial charge in [-0.15, -0.1) is 0 Å². The van der Waals surface area contributed by atoms with Gasteiger partial charge in [-0.05, 0) is 46.7 Å². The van der Waals surface area contributed by atoms with E-state index in [4.69, 9.17) is 5.73 Å². The maximum Gasteiger partial charge on any atom is 0.175 e. The SMILES string of the molecule is CC(C)NCC(O)Cn1c(Sc2cc3c(cc2I)CCC3=O)nc2c(N)ncnc21. The summed E-state index contributed by atoms with van der Waals surface area (Å²) in [6.45, 7) is 4.83. The molecule has 0 bridgehead atoms. The number of carbonyl (C=O) groups is 1. The van der Waals surface area contributed by atoms with E-state index in [0.717, 1.165) is 26.0 Å². The van der Waals surface area contributed by atoms with Crippen molar-refractivity contribution in [3.63, 3.8) is 0 Å². The van der Waals surface area contributed by atoms with Gasteiger partial charge in [-0.2, -0.15) is 0 Å². The number of aliphatic hydroxyl groups is 1. The number of nitrogens with two attached hydrogens (primary N) is 1. The highest BCUT2D eigenvalue weighted by atomic mass is 127. The van der Waals surface area contributed by atoms with Crippen LogP contribution >= 0.6 is 34.4 Å². The molecule has 10 heteroatoms. The van der Waals surface area contributed by atoms with Crippen LogP contribution in [0.1, 0.15) is 36.2 Å². The number of carbonyl (C=O) groups excluding carboxylic acids is 1. The summed E-state index contributed by atoms with van der Waals surface area (Å²) in [5.41, 5.74) is 9.02. The number of rotatable bonds is 7. The second-order valence-electron chi connectivity index (χ2n) is 7.62. The average molecular weight is 538 g/mol. The number of anilines is 1. The minimum Gasteiger partial charge on any atom is -0.390 e. The molecule has 1 aromatic carbocycles. The van der Waals surface area contributed by atoms with Gasteiger partial charge in [0.2, 0.25) is 0 Å². The van der Waals surface area contributed by atoms with E-state index in [1.807, 2.05) is 24.5 Å². The predicted molar refractivity (Wildman–Crippen MR) is 125 cm³/mol. The van der Waals surface area contributed by atoms with E-state index < -0.39 is 6.10 Å². The standard InChI is InChI=1S/C20H23IN6O2S/c1-10(2)23-7-12(28)8-27-19-17(18(22)24-9-25-19)26-20(27)30-16-6-13-11(5-14(16)21)3-4-15(13)29/h5-6,9-10,12,23,28H,3-4,7-8H2,1-2H3,(H2,22,24,25). The molecular formula is C20H23IN6O2S. The van der Waals surface area contributed by atoms with E-state index in [-0.39, 0.29) is 11.8 Å². The highest BCUT2D eigenvalue weighted by molar-refractivity contribution is 14.1. The molecular weight excluding hydrogens is 515 g/mol. The van der Waals surface area contributed by atoms with Crippen LogP contribution in [0.2, 0.25) is 0 Å². The molecule has 0 amide bonds. The van der Waals surface area contributed by atoms with E-state index in [1.54, 1.807) is 0 Å². The second-order valence-corrected chi connectivity index (χ2v) is 9.79. The van der Waals surface area contributed by atoms with Crippen LogP contribution in [0.25, 0.3) is 11.2 Å². The largest absolute Gasteiger partial charge is 0.390 e. The number of nitrogen functional groups attached to an aromatic ring is 1. The van der Waals surface area contributed by atoms with Crippen molar-refractivity contribution < 1.29 is 9.90 Å². The van der Waals surface area contributed by atoms with Crippen molar-refractivity contribution in [2.75, 3.05) is 12.3 Å². The Morgan fingerprint density at radius 3 is 2.90 bits per heavy atom. The molecule has 0 aliphatic heterocycles. The number of fused-ring (bicyclic) bond motifs is 2. The van der Waals surface area contributed by atoms with Gasteiger partial charge in [-0.3, -0.25) is 4.79 Å². The number of imidazole rings is 1. The summed E-state index contributed by atoms with van der Waals surface area (Å²) in [5, 5.41) is 14.5. The highest BCUT2D eigenvalue weighted by Gasteiger charge is 2.24. The van der Waals surface area contributed by atoms with Gasteiger partial charge < -0.3 is 20.7 Å². The average Bonchev–Trinajstić information content (AvgIpc) is 3.22. The minimum atomic E-state index is -0.624. The number of Topliss-reactive ketones (excluding diaryl/α,β-unsaturated/α-hetero) is 1. The maximum absolute atomic E-state index is 12.2. The lowest BCUT2D eigenvalue weighted by molar-refractivity contribution is 0.0994. The molecule has 2 aromatic heterocycles. The lowest BCUT2D eigenvalue weighted by atomic mass is 10.1. The number of nitrogens with one attached hydrogen (secondary N) is 1. The number of benzene rings is 1. The first-order valence-electron chi connectivity index (χ1n) is 9.75. The van der Waals surface area contributed by atoms with Gasteiger partial charge in [0.15, 0.2) is 27.9 Å². The first-order valence-corrected chi connectivity index (χ1v) is 11.6. The number of aromatic nitrogens is 4. The van der Waals surface area contributed by atoms with Gasteiger partial charge in [0.1, 0.15) is 6.33 Å². The summed E-state index contributed by atoms with van der Waals surface area (Å²) in [5.74, 6) is 0.483. The molecule has 30 heavy (non-hydrogen) atoms. The normalized spacial score (nSPS) is 14.6. The Kier molecular flexibility index (Phi) is 6.28. The monoisotopic (exact) mass is 538 g/mol. The fourth-order valence-corrected chi connectivity index (χ4v) is 5.24. The first-order chi connectivity index (χ1) is 14.3. The van der Waals surface area contributed by atoms with Crippen LogP contribution in [0.3, 0.4) is 0 Å². The zero-order valence-electron chi connectivity index (χ0n) is 16.7. The van der Waals surface area contributed by atoms with Crippen LogP contribution in [0, 0.1) is 3.57 Å². The molecule has 1 unspecified atom stereocenters. The van der Waals surface area contributed by atoms with Crippen LogP contribution in [-0.4, -0.2) is 49.1 Å². The van der Waals surface area contributed by atoms with Gasteiger partial charge in [-0.1, -0.05) is 25.6 Å². The molecule has 1 atom stereocenters. The summed E-state index contributed by atoms with van der Waals surface area (Å²) < 4.78 is 2.93. The van der Waals surface area contributed by atoms with Crippen molar-refractivity contribution in [2.24, 2.45) is 0 Å². The van der Waals surface area contributed by atoms with Crippen molar-refractivity contribution in [2.45, 2.75) is 55.4 Å². The summed E-state index contributed by atoms with van der Waals surface area (Å²) in [6.07, 6.45) is 2.15. The molecule has 4 N–H and O–H groups in total. The van der Waals surface area contributed by atoms with Crippen LogP contribution in [0.5, 0.6) is 0 Å². The molecule has 1 aliphatic rings. The number of halogens is 1. The number of hydrogen-bond acceptors (Lipinski definition) is 8. The topological polar surface area (TPSA) is 119 Å². The molecule has 2 heterocycles. The van der Waals surface area contributed by atoms with Crippen molar-refractivity contribution in [1.29, 1.82) is 0 Å². The molecule has 8 nitrogen and oxygen atoms in total. The zero-order chi connectivity index (χ0) is 21.4. The Morgan fingerprint density at radius 1 is 1.33 bits per heavy atom. The lowest BCUT2D eigenvalue weighted by Gasteiger charge is -2.16. The van der Waals surface area contributed by atoms with Gasteiger partial charge in [0, 0.05) is 33.0 Å². The third-order valence-corrected chi connectivity index (χ3v) is 7.27. The maximum atomic E-state index is 12.2. The molecule has 0 fully saturated rings. The lowest BCUT2D eigenvalue weighted by Crippen LogP contribution is -2.34. The number of aliphatic hydroxyl groups excluding tert-OH is 1. The molecule has 158 valence electrons. The third-order valence-electron chi connectivity index (χ3n) is 4.96. The van der Waals surface area contributed by atoms with E-state index >= 15 is 0 Å². The second kappa shape index (κ2) is 8.77. The molecule has 1 aliphatic carbocycles. The molecule has 0 saturated heterocycles. The van der Waals surface area contributed by atoms with Crippen molar-refractivity contribution >= 4 is 57.1 Å². The third kappa shape index (κ3) is 4.32. The van der Waals surface area contributed by atoms with Crippen molar-refractivity contribution in [3.8, 4) is 0 Å². The highest BCUT2D eigenvalue weighted by Crippen LogP contribution is 2.37. The number of nitrogens with zero attached hydrogens (tertiary/aromatic N) is 4. The van der Waals surface area contributed by atoms with E-state index in [9.17, 15) is 9.90 Å². The van der Waals surface area contributed by atoms with Crippen molar-refractivity contribution in [3.05, 3.63) is 33.2 Å². The van der Waals surface area contributed by atoms with Crippen LogP contribution in [0.15, 0.2) is 28.5 Å². The number of aryl methyl sites for hydroxylation is 1. The Balaban J connectivity index is 1.71. The van der Waals surface area contributed by atoms with Gasteiger partial charge >= 0.3 is 0 Å². The Morgan fingerprint density at radius 2 is 2.13 bits per heavy atom. The van der Waals surface area contributed by atoms with Crippen LogP contribution in [0.4, 0.5) is 5.82 Å². The summed E-state index contributed by atoms with van der Waals surface area (Å²) in [4.78, 5) is 26.2. The minimum absolute atomic E-state index is 0.182. The van der Waals surface area contributed by atoms with Crippen LogP contribution < -0.4 is 11.1 Å². The number of ketones is 1. The van der Waals surface area contributed by atoms with Gasteiger partial charge in [0.05, 0.1) is 12.6 Å². The Bertz CT molecular complexity index is 1120. The number of hydrogen-bond donors (Lipinski definition) is 3. The van der Waals surface area contributed by atoms with E-state index in [1.165, 1.54) is 18.1 Å². The fourth-order valence-electron chi connectivity index (χ4n) is 3.44. The summed E-state index contributed by atoms with van der Waals surface area (Å²) in [6, 6.07) is 4.30. The predicted octanol–water partition coefficient (Wildman–Crippen LogP) is 2.65. The molecule has 0 saturated carbocycles. The van der Waals surface area contributed by atoms with Gasteiger partial charge in [0.25, 0.3) is 0 Å². The zero-order valence-corrected chi connectivity index (χ0v) is 19.7. The fraction of sp³-hybridized carbons (Fsp3) is 0.400. The molecule has 3 aromatic rings. The molecule has 0 spiro atoms.